The Labute approximate surface area is 142 Å². The van der Waals surface area contributed by atoms with Crippen molar-refractivity contribution >= 4 is 22.6 Å². The van der Waals surface area contributed by atoms with Gasteiger partial charge in [-0.25, -0.2) is 0 Å². The minimum atomic E-state index is 0.144. The summed E-state index contributed by atoms with van der Waals surface area (Å²) in [5.41, 5.74) is 5.27. The van der Waals surface area contributed by atoms with Gasteiger partial charge in [0.05, 0.1) is 5.69 Å². The quantitative estimate of drug-likeness (QED) is 0.546. The van der Waals surface area contributed by atoms with Crippen molar-refractivity contribution in [2.24, 2.45) is 0 Å². The second-order valence-corrected chi connectivity index (χ2v) is 8.79. The molecule has 0 unspecified atom stereocenters. The van der Waals surface area contributed by atoms with Crippen LogP contribution in [0.25, 0.3) is 11.3 Å². The summed E-state index contributed by atoms with van der Waals surface area (Å²) in [5, 5.41) is 0. The summed E-state index contributed by atoms with van der Waals surface area (Å²) >= 11 is 2.40. The molecular formula is C19H24IN. The normalized spacial score (nSPS) is 12.5. The van der Waals surface area contributed by atoms with Gasteiger partial charge in [-0.2, -0.15) is 0 Å². The lowest BCUT2D eigenvalue weighted by Gasteiger charge is -2.22. The van der Waals surface area contributed by atoms with E-state index in [0.717, 1.165) is 5.69 Å². The second-order valence-electron chi connectivity index (χ2n) is 7.62. The number of nitrogens with zero attached hydrogens (tertiary/aromatic N) is 1. The van der Waals surface area contributed by atoms with E-state index in [1.54, 1.807) is 0 Å². The first kappa shape index (κ1) is 16.5. The second kappa shape index (κ2) is 5.71. The zero-order chi connectivity index (χ0) is 15.8. The summed E-state index contributed by atoms with van der Waals surface area (Å²) < 4.78 is 1.25. The molecule has 0 amide bonds. The minimum absolute atomic E-state index is 0.144. The molecule has 0 aliphatic heterocycles. The van der Waals surface area contributed by atoms with E-state index in [2.05, 4.69) is 99.4 Å². The standard InChI is InChI=1S/C19H24IN/c1-18(2,3)13-7-8-16(20)15(11-13)17-12-14(9-10-21-17)19(4,5)6/h7-12H,1-6H3. The van der Waals surface area contributed by atoms with Crippen molar-refractivity contribution in [2.45, 2.75) is 52.4 Å². The first-order valence-corrected chi connectivity index (χ1v) is 8.44. The lowest BCUT2D eigenvalue weighted by atomic mass is 9.84. The molecule has 1 aromatic heterocycles. The maximum absolute atomic E-state index is 4.60. The van der Waals surface area contributed by atoms with Gasteiger partial charge in [0.2, 0.25) is 0 Å². The Kier molecular flexibility index (Phi) is 4.48. The molecule has 0 aliphatic rings. The molecule has 1 heterocycles. The number of hydrogen-bond acceptors (Lipinski definition) is 1. The molecule has 0 fully saturated rings. The van der Waals surface area contributed by atoms with Gasteiger partial charge in [-0.15, -0.1) is 0 Å². The van der Waals surface area contributed by atoms with Gasteiger partial charge in [-0.1, -0.05) is 47.6 Å². The maximum Gasteiger partial charge on any atom is 0.0715 e. The van der Waals surface area contributed by atoms with E-state index in [9.17, 15) is 0 Å². The Balaban J connectivity index is 2.57. The van der Waals surface area contributed by atoms with Crippen molar-refractivity contribution in [3.8, 4) is 11.3 Å². The Morgan fingerprint density at radius 3 is 1.95 bits per heavy atom. The van der Waals surface area contributed by atoms with Crippen LogP contribution in [-0.2, 0) is 10.8 Å². The highest BCUT2D eigenvalue weighted by atomic mass is 127. The molecule has 2 rings (SSSR count). The van der Waals surface area contributed by atoms with E-state index < -0.39 is 0 Å². The van der Waals surface area contributed by atoms with Crippen molar-refractivity contribution in [3.63, 3.8) is 0 Å². The average molecular weight is 393 g/mol. The molecule has 2 heteroatoms. The molecule has 1 aromatic carbocycles. The minimum Gasteiger partial charge on any atom is -0.256 e. The van der Waals surface area contributed by atoms with Crippen LogP contribution in [0.15, 0.2) is 36.5 Å². The first-order valence-electron chi connectivity index (χ1n) is 7.36. The van der Waals surface area contributed by atoms with Crippen molar-refractivity contribution < 1.29 is 0 Å². The highest BCUT2D eigenvalue weighted by Crippen LogP contribution is 2.32. The van der Waals surface area contributed by atoms with E-state index in [-0.39, 0.29) is 10.8 Å². The van der Waals surface area contributed by atoms with Crippen LogP contribution in [-0.4, -0.2) is 4.98 Å². The van der Waals surface area contributed by atoms with Gasteiger partial charge in [0.15, 0.2) is 0 Å². The molecule has 0 radical (unpaired) electrons. The molecular weight excluding hydrogens is 369 g/mol. The summed E-state index contributed by atoms with van der Waals surface area (Å²) in [7, 11) is 0. The molecule has 0 bridgehead atoms. The zero-order valence-electron chi connectivity index (χ0n) is 13.8. The fourth-order valence-electron chi connectivity index (χ4n) is 2.23. The predicted molar refractivity (Wildman–Crippen MR) is 99.8 cm³/mol. The van der Waals surface area contributed by atoms with Crippen molar-refractivity contribution in [3.05, 3.63) is 51.2 Å². The topological polar surface area (TPSA) is 12.9 Å². The van der Waals surface area contributed by atoms with E-state index >= 15 is 0 Å². The van der Waals surface area contributed by atoms with Crippen LogP contribution in [0.1, 0.15) is 52.7 Å². The fraction of sp³-hybridized carbons (Fsp3) is 0.421. The molecule has 112 valence electrons. The molecule has 0 aliphatic carbocycles. The third-order valence-corrected chi connectivity index (χ3v) is 4.67. The lowest BCUT2D eigenvalue weighted by molar-refractivity contribution is 0.588. The van der Waals surface area contributed by atoms with E-state index in [0.29, 0.717) is 0 Å². The summed E-state index contributed by atoms with van der Waals surface area (Å²) in [4.78, 5) is 4.60. The third-order valence-electron chi connectivity index (χ3n) is 3.73. The highest BCUT2D eigenvalue weighted by Gasteiger charge is 2.18. The maximum atomic E-state index is 4.60. The highest BCUT2D eigenvalue weighted by molar-refractivity contribution is 14.1. The molecule has 0 atom stereocenters. The van der Waals surface area contributed by atoms with E-state index in [1.165, 1.54) is 20.3 Å². The number of hydrogen-bond donors (Lipinski definition) is 0. The van der Waals surface area contributed by atoms with Crippen LogP contribution in [0.2, 0.25) is 0 Å². The zero-order valence-corrected chi connectivity index (χ0v) is 15.9. The smallest absolute Gasteiger partial charge is 0.0715 e. The van der Waals surface area contributed by atoms with Crippen LogP contribution in [0.4, 0.5) is 0 Å². The molecule has 0 N–H and O–H groups in total. The van der Waals surface area contributed by atoms with Crippen molar-refractivity contribution in [2.75, 3.05) is 0 Å². The number of pyridine rings is 1. The largest absolute Gasteiger partial charge is 0.256 e. The number of benzene rings is 1. The SMILES string of the molecule is CC(C)(C)c1ccnc(-c2cc(C(C)(C)C)ccc2I)c1. The molecule has 2 aromatic rings. The van der Waals surface area contributed by atoms with Crippen molar-refractivity contribution in [1.29, 1.82) is 0 Å². The van der Waals surface area contributed by atoms with Gasteiger partial charge in [-0.3, -0.25) is 4.98 Å². The molecule has 0 saturated heterocycles. The average Bonchev–Trinajstić information content (AvgIpc) is 2.37. The first-order chi connectivity index (χ1) is 9.59. The Hall–Kier alpha value is -0.900. The van der Waals surface area contributed by atoms with Gasteiger partial charge in [0.25, 0.3) is 0 Å². The van der Waals surface area contributed by atoms with Gasteiger partial charge in [0, 0.05) is 15.3 Å². The fourth-order valence-corrected chi connectivity index (χ4v) is 2.84. The summed E-state index contributed by atoms with van der Waals surface area (Å²) in [6, 6.07) is 11.0. The molecule has 0 spiro atoms. The van der Waals surface area contributed by atoms with Crippen LogP contribution in [0, 0.1) is 3.57 Å². The van der Waals surface area contributed by atoms with Crippen LogP contribution in [0.5, 0.6) is 0 Å². The lowest BCUT2D eigenvalue weighted by Crippen LogP contribution is -2.12. The van der Waals surface area contributed by atoms with Crippen LogP contribution < -0.4 is 0 Å². The monoisotopic (exact) mass is 393 g/mol. The number of rotatable bonds is 1. The van der Waals surface area contributed by atoms with Gasteiger partial charge in [0.1, 0.15) is 0 Å². The van der Waals surface area contributed by atoms with Crippen molar-refractivity contribution in [1.82, 2.24) is 4.98 Å². The van der Waals surface area contributed by atoms with Gasteiger partial charge in [-0.05, 0) is 68.8 Å². The molecule has 1 nitrogen and oxygen atoms in total. The van der Waals surface area contributed by atoms with Gasteiger partial charge >= 0.3 is 0 Å². The van der Waals surface area contributed by atoms with Crippen LogP contribution >= 0.6 is 22.6 Å². The summed E-state index contributed by atoms with van der Waals surface area (Å²) in [6.07, 6.45) is 1.93. The van der Waals surface area contributed by atoms with E-state index in [1.807, 2.05) is 6.20 Å². The number of halogens is 1. The third kappa shape index (κ3) is 3.85. The summed E-state index contributed by atoms with van der Waals surface area (Å²) in [6.45, 7) is 13.5. The molecule has 21 heavy (non-hydrogen) atoms. The number of aromatic nitrogens is 1. The Morgan fingerprint density at radius 1 is 0.810 bits per heavy atom. The summed E-state index contributed by atoms with van der Waals surface area (Å²) in [5.74, 6) is 0. The molecule has 0 saturated carbocycles. The Morgan fingerprint density at radius 2 is 1.38 bits per heavy atom. The van der Waals surface area contributed by atoms with E-state index in [4.69, 9.17) is 0 Å². The Bertz CT molecular complexity index is 645. The van der Waals surface area contributed by atoms with Gasteiger partial charge < -0.3 is 0 Å². The van der Waals surface area contributed by atoms with Crippen LogP contribution in [0.3, 0.4) is 0 Å². The predicted octanol–water partition coefficient (Wildman–Crippen LogP) is 5.95.